The maximum Gasteiger partial charge on any atom is 0.271 e. The molecule has 7 heteroatoms. The van der Waals surface area contributed by atoms with Crippen LogP contribution in [0.2, 0.25) is 0 Å². The number of carbonyl (C=O) groups excluding carboxylic acids is 1. The Morgan fingerprint density at radius 1 is 1.26 bits per heavy atom. The average molecular weight is 378 g/mol. The monoisotopic (exact) mass is 377 g/mol. The second-order valence-electron chi connectivity index (χ2n) is 5.15. The van der Waals surface area contributed by atoms with Crippen molar-refractivity contribution >= 4 is 38.9 Å². The summed E-state index contributed by atoms with van der Waals surface area (Å²) in [6.45, 7) is 3.65. The molecule has 0 heterocycles. The summed E-state index contributed by atoms with van der Waals surface area (Å²) in [6, 6.07) is 11.1. The van der Waals surface area contributed by atoms with Gasteiger partial charge in [-0.3, -0.25) is 14.9 Å². The summed E-state index contributed by atoms with van der Waals surface area (Å²) in [6.07, 6.45) is 0. The van der Waals surface area contributed by atoms with Crippen molar-refractivity contribution in [2.24, 2.45) is 0 Å². The van der Waals surface area contributed by atoms with Gasteiger partial charge in [-0.1, -0.05) is 12.1 Å². The Balaban J connectivity index is 2.05. The fourth-order valence-electron chi connectivity index (χ4n) is 1.99. The van der Waals surface area contributed by atoms with Crippen molar-refractivity contribution < 1.29 is 9.72 Å². The van der Waals surface area contributed by atoms with E-state index in [9.17, 15) is 14.9 Å². The predicted molar refractivity (Wildman–Crippen MR) is 93.7 cm³/mol. The van der Waals surface area contributed by atoms with Gasteiger partial charge in [-0.15, -0.1) is 0 Å². The average Bonchev–Trinajstić information content (AvgIpc) is 2.50. The summed E-state index contributed by atoms with van der Waals surface area (Å²) in [5.41, 5.74) is 2.25. The first kappa shape index (κ1) is 17.0. The number of halogens is 1. The third-order valence-electron chi connectivity index (χ3n) is 3.22. The van der Waals surface area contributed by atoms with Gasteiger partial charge in [-0.05, 0) is 53.5 Å². The number of rotatable bonds is 5. The lowest BCUT2D eigenvalue weighted by Gasteiger charge is -2.16. The van der Waals surface area contributed by atoms with E-state index in [0.29, 0.717) is 11.4 Å². The highest BCUT2D eigenvalue weighted by atomic mass is 79.9. The summed E-state index contributed by atoms with van der Waals surface area (Å²) in [5.74, 6) is -0.235. The van der Waals surface area contributed by atoms with Gasteiger partial charge in [0.15, 0.2) is 0 Å². The Bertz CT molecular complexity index is 749. The maximum atomic E-state index is 12.2. The molecule has 0 aliphatic heterocycles. The molecule has 0 aliphatic carbocycles. The molecule has 120 valence electrons. The number of amides is 1. The molecule has 0 spiro atoms. The van der Waals surface area contributed by atoms with Crippen molar-refractivity contribution in [2.45, 2.75) is 19.9 Å². The molecule has 2 rings (SSSR count). The second-order valence-corrected chi connectivity index (χ2v) is 6.00. The Hall–Kier alpha value is -2.41. The number of nitro groups is 1. The van der Waals surface area contributed by atoms with E-state index < -0.39 is 11.0 Å². The predicted octanol–water partition coefficient (Wildman–Crippen LogP) is 4.10. The van der Waals surface area contributed by atoms with E-state index >= 15 is 0 Å². The van der Waals surface area contributed by atoms with Gasteiger partial charge in [0, 0.05) is 22.3 Å². The van der Waals surface area contributed by atoms with E-state index in [1.165, 1.54) is 12.1 Å². The smallest absolute Gasteiger partial charge is 0.271 e. The summed E-state index contributed by atoms with van der Waals surface area (Å²) >= 11 is 3.41. The summed E-state index contributed by atoms with van der Waals surface area (Å²) < 4.78 is 0.799. The molecular formula is C16H16BrN3O3. The van der Waals surface area contributed by atoms with Gasteiger partial charge in [-0.2, -0.15) is 0 Å². The number of nitro benzene ring substituents is 1. The molecule has 2 aromatic rings. The topological polar surface area (TPSA) is 84.3 Å². The number of nitrogens with zero attached hydrogens (tertiary/aromatic N) is 1. The summed E-state index contributed by atoms with van der Waals surface area (Å²) in [5, 5.41) is 16.5. The molecule has 0 aliphatic rings. The zero-order chi connectivity index (χ0) is 17.0. The number of anilines is 2. The molecule has 2 N–H and O–H groups in total. The zero-order valence-electron chi connectivity index (χ0n) is 12.7. The first-order valence-corrected chi connectivity index (χ1v) is 7.74. The molecular weight excluding hydrogens is 362 g/mol. The van der Waals surface area contributed by atoms with Crippen molar-refractivity contribution in [2.75, 3.05) is 10.6 Å². The largest absolute Gasteiger partial charge is 0.374 e. The summed E-state index contributed by atoms with van der Waals surface area (Å²) in [7, 11) is 0. The number of nitrogens with one attached hydrogen (secondary N) is 2. The van der Waals surface area contributed by atoms with Crippen LogP contribution in [0.15, 0.2) is 46.9 Å². The van der Waals surface area contributed by atoms with E-state index in [1.807, 2.05) is 25.1 Å². The zero-order valence-corrected chi connectivity index (χ0v) is 14.3. The minimum Gasteiger partial charge on any atom is -0.374 e. The Labute approximate surface area is 142 Å². The van der Waals surface area contributed by atoms with Crippen LogP contribution in [0, 0.1) is 17.0 Å². The standard InChI is InChI=1S/C16H16BrN3O3/c1-10-6-7-15(14(17)8-10)19-16(21)11(2)18-12-4-3-5-13(9-12)20(22)23/h3-9,11,18H,1-2H3,(H,19,21)/t11-/m1/s1. The van der Waals surface area contributed by atoms with Gasteiger partial charge in [0.25, 0.3) is 5.69 Å². The van der Waals surface area contributed by atoms with Crippen molar-refractivity contribution in [3.8, 4) is 0 Å². The highest BCUT2D eigenvalue weighted by Gasteiger charge is 2.15. The van der Waals surface area contributed by atoms with E-state index in [4.69, 9.17) is 0 Å². The third kappa shape index (κ3) is 4.53. The molecule has 0 unspecified atom stereocenters. The van der Waals surface area contributed by atoms with Gasteiger partial charge in [0.05, 0.1) is 10.6 Å². The summed E-state index contributed by atoms with van der Waals surface area (Å²) in [4.78, 5) is 22.5. The Morgan fingerprint density at radius 3 is 2.65 bits per heavy atom. The number of aryl methyl sites for hydroxylation is 1. The Morgan fingerprint density at radius 2 is 2.00 bits per heavy atom. The van der Waals surface area contributed by atoms with E-state index in [0.717, 1.165) is 10.0 Å². The van der Waals surface area contributed by atoms with Crippen LogP contribution in [-0.2, 0) is 4.79 Å². The SMILES string of the molecule is Cc1ccc(NC(=O)[C@@H](C)Nc2cccc([N+](=O)[O-])c2)c(Br)c1. The number of carbonyl (C=O) groups is 1. The quantitative estimate of drug-likeness (QED) is 0.606. The fraction of sp³-hybridized carbons (Fsp3) is 0.188. The van der Waals surface area contributed by atoms with Gasteiger partial charge in [0.1, 0.15) is 6.04 Å². The van der Waals surface area contributed by atoms with E-state index in [-0.39, 0.29) is 11.6 Å². The van der Waals surface area contributed by atoms with Crippen molar-refractivity contribution in [3.05, 3.63) is 62.6 Å². The lowest BCUT2D eigenvalue weighted by atomic mass is 10.2. The lowest BCUT2D eigenvalue weighted by molar-refractivity contribution is -0.384. The number of hydrogen-bond donors (Lipinski definition) is 2. The number of hydrogen-bond acceptors (Lipinski definition) is 4. The second kappa shape index (κ2) is 7.23. The first-order chi connectivity index (χ1) is 10.9. The van der Waals surface area contributed by atoms with Crippen LogP contribution in [0.1, 0.15) is 12.5 Å². The lowest BCUT2D eigenvalue weighted by Crippen LogP contribution is -2.32. The molecule has 0 radical (unpaired) electrons. The molecule has 1 amide bonds. The number of benzene rings is 2. The van der Waals surface area contributed by atoms with Crippen LogP contribution >= 0.6 is 15.9 Å². The van der Waals surface area contributed by atoms with Crippen LogP contribution in [0.25, 0.3) is 0 Å². The fourth-order valence-corrected chi connectivity index (χ4v) is 2.58. The third-order valence-corrected chi connectivity index (χ3v) is 3.87. The molecule has 2 aromatic carbocycles. The normalized spacial score (nSPS) is 11.6. The van der Waals surface area contributed by atoms with E-state index in [1.54, 1.807) is 19.1 Å². The van der Waals surface area contributed by atoms with Crippen LogP contribution < -0.4 is 10.6 Å². The van der Waals surface area contributed by atoms with Gasteiger partial charge in [-0.25, -0.2) is 0 Å². The van der Waals surface area contributed by atoms with E-state index in [2.05, 4.69) is 26.6 Å². The molecule has 0 fully saturated rings. The highest BCUT2D eigenvalue weighted by Crippen LogP contribution is 2.24. The van der Waals surface area contributed by atoms with Crippen LogP contribution in [-0.4, -0.2) is 16.9 Å². The Kier molecular flexibility index (Phi) is 5.33. The minimum atomic E-state index is -0.551. The molecule has 0 saturated carbocycles. The maximum absolute atomic E-state index is 12.2. The van der Waals surface area contributed by atoms with Gasteiger partial charge in [0.2, 0.25) is 5.91 Å². The molecule has 0 bridgehead atoms. The minimum absolute atomic E-state index is 0.0242. The molecule has 6 nitrogen and oxygen atoms in total. The molecule has 1 atom stereocenters. The van der Waals surface area contributed by atoms with Gasteiger partial charge >= 0.3 is 0 Å². The van der Waals surface area contributed by atoms with Crippen molar-refractivity contribution in [1.82, 2.24) is 0 Å². The van der Waals surface area contributed by atoms with Crippen LogP contribution in [0.3, 0.4) is 0 Å². The van der Waals surface area contributed by atoms with Gasteiger partial charge < -0.3 is 10.6 Å². The highest BCUT2D eigenvalue weighted by molar-refractivity contribution is 9.10. The van der Waals surface area contributed by atoms with Crippen molar-refractivity contribution in [3.63, 3.8) is 0 Å². The van der Waals surface area contributed by atoms with Crippen molar-refractivity contribution in [1.29, 1.82) is 0 Å². The van der Waals surface area contributed by atoms with Crippen LogP contribution in [0.4, 0.5) is 17.1 Å². The van der Waals surface area contributed by atoms with Crippen LogP contribution in [0.5, 0.6) is 0 Å². The molecule has 0 aromatic heterocycles. The molecule has 0 saturated heterocycles. The molecule has 23 heavy (non-hydrogen) atoms. The first-order valence-electron chi connectivity index (χ1n) is 6.95. The number of non-ortho nitro benzene ring substituents is 1.